The molecule has 6 heteroatoms. The molecule has 86 valence electrons. The quantitative estimate of drug-likeness (QED) is 0.589. The smallest absolute Gasteiger partial charge is 0.377 e. The monoisotopic (exact) mass is 232 g/mol. The van der Waals surface area contributed by atoms with E-state index in [2.05, 4.69) is 5.32 Å². The van der Waals surface area contributed by atoms with Gasteiger partial charge in [-0.25, -0.2) is 4.79 Å². The number of aliphatic carboxylic acids is 1. The Morgan fingerprint density at radius 2 is 1.94 bits per heavy atom. The molecule has 0 aliphatic carbocycles. The second kappa shape index (κ2) is 5.42. The average molecular weight is 232 g/mol. The van der Waals surface area contributed by atoms with Gasteiger partial charge in [-0.15, -0.1) is 0 Å². The number of carboxylic acid groups (broad SMARTS) is 1. The van der Waals surface area contributed by atoms with Crippen LogP contribution in [0.5, 0.6) is 0 Å². The van der Waals surface area contributed by atoms with Crippen LogP contribution in [0, 0.1) is 11.3 Å². The summed E-state index contributed by atoms with van der Waals surface area (Å²) in [6, 6.07) is 7.35. The van der Waals surface area contributed by atoms with Crippen LogP contribution in [0.15, 0.2) is 24.3 Å². The first-order chi connectivity index (χ1) is 8.06. The SMILES string of the molecule is N#CCC(=O)Nc1ccccc1C(=O)C(=O)O. The number of anilines is 1. The molecule has 1 amide bonds. The van der Waals surface area contributed by atoms with E-state index in [1.165, 1.54) is 18.2 Å². The van der Waals surface area contributed by atoms with Crippen LogP contribution in [0.3, 0.4) is 0 Å². The number of rotatable bonds is 4. The third-order valence-electron chi connectivity index (χ3n) is 1.88. The van der Waals surface area contributed by atoms with Crippen molar-refractivity contribution in [2.75, 3.05) is 5.32 Å². The Bertz CT molecular complexity index is 516. The van der Waals surface area contributed by atoms with E-state index in [9.17, 15) is 14.4 Å². The van der Waals surface area contributed by atoms with Crippen molar-refractivity contribution in [1.82, 2.24) is 0 Å². The number of ketones is 1. The van der Waals surface area contributed by atoms with Gasteiger partial charge in [0.25, 0.3) is 5.78 Å². The lowest BCUT2D eigenvalue weighted by Crippen LogP contribution is -2.18. The predicted octanol–water partition coefficient (Wildman–Crippen LogP) is 0.806. The summed E-state index contributed by atoms with van der Waals surface area (Å²) in [5.74, 6) is -3.32. The summed E-state index contributed by atoms with van der Waals surface area (Å²) in [6.07, 6.45) is -0.365. The summed E-state index contributed by atoms with van der Waals surface area (Å²) in [5, 5.41) is 19.2. The number of benzene rings is 1. The van der Waals surface area contributed by atoms with Crippen molar-refractivity contribution in [3.8, 4) is 6.07 Å². The highest BCUT2D eigenvalue weighted by Crippen LogP contribution is 2.15. The van der Waals surface area contributed by atoms with Gasteiger partial charge in [-0.1, -0.05) is 12.1 Å². The highest BCUT2D eigenvalue weighted by molar-refractivity contribution is 6.41. The lowest BCUT2D eigenvalue weighted by molar-refractivity contribution is -0.131. The number of carboxylic acids is 1. The van der Waals surface area contributed by atoms with Crippen LogP contribution in [0.4, 0.5) is 5.69 Å². The van der Waals surface area contributed by atoms with E-state index in [-0.39, 0.29) is 17.7 Å². The minimum atomic E-state index is -1.60. The maximum atomic E-state index is 11.3. The third kappa shape index (κ3) is 3.14. The van der Waals surface area contributed by atoms with Crippen molar-refractivity contribution in [2.45, 2.75) is 6.42 Å². The van der Waals surface area contributed by atoms with Crippen LogP contribution in [-0.2, 0) is 9.59 Å². The number of Topliss-reactive ketones (excluding diaryl/α,β-unsaturated/α-hetero) is 1. The molecule has 2 N–H and O–H groups in total. The second-order valence-corrected chi connectivity index (χ2v) is 3.06. The first kappa shape index (κ1) is 12.4. The first-order valence-corrected chi connectivity index (χ1v) is 4.59. The van der Waals surface area contributed by atoms with E-state index in [0.717, 1.165) is 0 Å². The van der Waals surface area contributed by atoms with Crippen molar-refractivity contribution in [3.63, 3.8) is 0 Å². The van der Waals surface area contributed by atoms with Crippen molar-refractivity contribution in [1.29, 1.82) is 5.26 Å². The van der Waals surface area contributed by atoms with E-state index in [4.69, 9.17) is 10.4 Å². The number of nitriles is 1. The largest absolute Gasteiger partial charge is 0.475 e. The maximum absolute atomic E-state index is 11.3. The number of hydrogen-bond donors (Lipinski definition) is 2. The Kier molecular flexibility index (Phi) is 3.95. The molecule has 1 aromatic rings. The summed E-state index contributed by atoms with van der Waals surface area (Å²) in [5.41, 5.74) is -0.0357. The third-order valence-corrected chi connectivity index (χ3v) is 1.88. The Balaban J connectivity index is 3.01. The van der Waals surface area contributed by atoms with Gasteiger partial charge in [0.1, 0.15) is 6.42 Å². The highest BCUT2D eigenvalue weighted by atomic mass is 16.4. The molecular weight excluding hydrogens is 224 g/mol. The van der Waals surface area contributed by atoms with Crippen LogP contribution in [0.1, 0.15) is 16.8 Å². The Labute approximate surface area is 96.5 Å². The Morgan fingerprint density at radius 1 is 1.29 bits per heavy atom. The van der Waals surface area contributed by atoms with E-state index in [1.54, 1.807) is 12.1 Å². The van der Waals surface area contributed by atoms with Crippen LogP contribution in [0.25, 0.3) is 0 Å². The van der Waals surface area contributed by atoms with Crippen molar-refractivity contribution in [3.05, 3.63) is 29.8 Å². The maximum Gasteiger partial charge on any atom is 0.377 e. The van der Waals surface area contributed by atoms with Gasteiger partial charge >= 0.3 is 5.97 Å². The molecule has 0 aliphatic heterocycles. The molecule has 0 saturated carbocycles. The molecule has 0 spiro atoms. The zero-order chi connectivity index (χ0) is 12.8. The minimum absolute atomic E-state index is 0.0835. The molecule has 1 rings (SSSR count). The normalized spacial score (nSPS) is 9.12. The summed E-state index contributed by atoms with van der Waals surface area (Å²) in [6.45, 7) is 0. The van der Waals surface area contributed by atoms with E-state index in [0.29, 0.717) is 0 Å². The summed E-state index contributed by atoms with van der Waals surface area (Å²) >= 11 is 0. The minimum Gasteiger partial charge on any atom is -0.475 e. The fourth-order valence-electron chi connectivity index (χ4n) is 1.17. The number of carbonyl (C=O) groups excluding carboxylic acids is 2. The van der Waals surface area contributed by atoms with Crippen molar-refractivity contribution in [2.24, 2.45) is 0 Å². The molecule has 0 heterocycles. The molecule has 0 atom stereocenters. The number of nitrogens with zero attached hydrogens (tertiary/aromatic N) is 1. The number of hydrogen-bond acceptors (Lipinski definition) is 4. The molecule has 0 unspecified atom stereocenters. The number of nitrogens with one attached hydrogen (secondary N) is 1. The highest BCUT2D eigenvalue weighted by Gasteiger charge is 2.18. The topological polar surface area (TPSA) is 107 Å². The Hall–Kier alpha value is -2.68. The number of carbonyl (C=O) groups is 3. The molecule has 0 aromatic heterocycles. The molecule has 0 radical (unpaired) electrons. The zero-order valence-electron chi connectivity index (χ0n) is 8.64. The molecule has 0 fully saturated rings. The molecule has 1 aromatic carbocycles. The fourth-order valence-corrected chi connectivity index (χ4v) is 1.17. The Morgan fingerprint density at radius 3 is 2.53 bits per heavy atom. The first-order valence-electron chi connectivity index (χ1n) is 4.59. The van der Waals surface area contributed by atoms with Crippen molar-refractivity contribution >= 4 is 23.3 Å². The number of para-hydroxylation sites is 1. The van der Waals surface area contributed by atoms with E-state index in [1.807, 2.05) is 0 Å². The summed E-state index contributed by atoms with van der Waals surface area (Å²) in [4.78, 5) is 33.0. The molecule has 17 heavy (non-hydrogen) atoms. The van der Waals surface area contributed by atoms with Gasteiger partial charge in [0.2, 0.25) is 5.91 Å². The van der Waals surface area contributed by atoms with Crippen LogP contribution < -0.4 is 5.32 Å². The van der Waals surface area contributed by atoms with Crippen LogP contribution in [-0.4, -0.2) is 22.8 Å². The van der Waals surface area contributed by atoms with Crippen molar-refractivity contribution < 1.29 is 19.5 Å². The zero-order valence-corrected chi connectivity index (χ0v) is 8.64. The standard InChI is InChI=1S/C11H8N2O4/c12-6-5-9(14)13-8-4-2-1-3-7(8)10(15)11(16)17/h1-4H,5H2,(H,13,14)(H,16,17). The summed E-state index contributed by atoms with van der Waals surface area (Å²) < 4.78 is 0. The molecule has 0 saturated heterocycles. The van der Waals surface area contributed by atoms with E-state index < -0.39 is 17.7 Å². The van der Waals surface area contributed by atoms with Gasteiger partial charge in [0, 0.05) is 0 Å². The summed E-state index contributed by atoms with van der Waals surface area (Å²) in [7, 11) is 0. The van der Waals surface area contributed by atoms with Gasteiger partial charge in [-0.05, 0) is 12.1 Å². The van der Waals surface area contributed by atoms with E-state index >= 15 is 0 Å². The lowest BCUT2D eigenvalue weighted by atomic mass is 10.1. The second-order valence-electron chi connectivity index (χ2n) is 3.06. The van der Waals surface area contributed by atoms with Gasteiger partial charge in [-0.2, -0.15) is 5.26 Å². The number of amides is 1. The van der Waals surface area contributed by atoms with Gasteiger partial charge in [-0.3, -0.25) is 9.59 Å². The van der Waals surface area contributed by atoms with Crippen LogP contribution >= 0.6 is 0 Å². The molecule has 6 nitrogen and oxygen atoms in total. The molecule has 0 aliphatic rings. The molecule has 0 bridgehead atoms. The van der Waals surface area contributed by atoms with Crippen LogP contribution in [0.2, 0.25) is 0 Å². The lowest BCUT2D eigenvalue weighted by Gasteiger charge is -2.06. The fraction of sp³-hybridized carbons (Fsp3) is 0.0909. The van der Waals surface area contributed by atoms with Gasteiger partial charge < -0.3 is 10.4 Å². The average Bonchev–Trinajstić information content (AvgIpc) is 2.29. The predicted molar refractivity (Wildman–Crippen MR) is 57.3 cm³/mol. The van der Waals surface area contributed by atoms with Gasteiger partial charge in [0.05, 0.1) is 17.3 Å². The molecular formula is C11H8N2O4. The van der Waals surface area contributed by atoms with Gasteiger partial charge in [0.15, 0.2) is 0 Å².